The molecule has 8 heteroatoms. The van der Waals surface area contributed by atoms with Gasteiger partial charge in [-0.05, 0) is 43.2 Å². The Kier molecular flexibility index (Phi) is 6.04. The minimum absolute atomic E-state index is 0.138. The number of benzene rings is 2. The molecule has 1 N–H and O–H groups in total. The molecule has 150 valence electrons. The SMILES string of the molecule is O=C(Nc1cccc(OCC2CCCO2)c1)c1cnn(-c2ccc(Cl)cc2Cl)c1. The second-order valence-corrected chi connectivity index (χ2v) is 7.54. The summed E-state index contributed by atoms with van der Waals surface area (Å²) in [4.78, 5) is 12.6. The first-order valence-corrected chi connectivity index (χ1v) is 10.00. The van der Waals surface area contributed by atoms with Crippen molar-refractivity contribution in [2.24, 2.45) is 0 Å². The summed E-state index contributed by atoms with van der Waals surface area (Å²) in [5.74, 6) is 0.402. The zero-order valence-electron chi connectivity index (χ0n) is 15.5. The van der Waals surface area contributed by atoms with Gasteiger partial charge in [-0.15, -0.1) is 0 Å². The summed E-state index contributed by atoms with van der Waals surface area (Å²) >= 11 is 12.1. The van der Waals surface area contributed by atoms with Crippen molar-refractivity contribution in [1.29, 1.82) is 0 Å². The molecule has 2 aromatic carbocycles. The van der Waals surface area contributed by atoms with Crippen LogP contribution >= 0.6 is 23.2 Å². The average Bonchev–Trinajstić information content (AvgIpc) is 3.39. The van der Waals surface area contributed by atoms with Gasteiger partial charge in [-0.2, -0.15) is 5.10 Å². The summed E-state index contributed by atoms with van der Waals surface area (Å²) in [6.07, 6.45) is 5.32. The lowest BCUT2D eigenvalue weighted by Gasteiger charge is -2.12. The van der Waals surface area contributed by atoms with E-state index in [0.717, 1.165) is 19.4 Å². The maximum absolute atomic E-state index is 12.6. The van der Waals surface area contributed by atoms with Crippen LogP contribution in [0.5, 0.6) is 5.75 Å². The van der Waals surface area contributed by atoms with Crippen molar-refractivity contribution in [1.82, 2.24) is 9.78 Å². The van der Waals surface area contributed by atoms with E-state index >= 15 is 0 Å². The van der Waals surface area contributed by atoms with Gasteiger partial charge in [0.1, 0.15) is 12.4 Å². The molecule has 6 nitrogen and oxygen atoms in total. The number of ether oxygens (including phenoxy) is 2. The van der Waals surface area contributed by atoms with Crippen molar-refractivity contribution in [3.63, 3.8) is 0 Å². The van der Waals surface area contributed by atoms with Crippen molar-refractivity contribution >= 4 is 34.8 Å². The largest absolute Gasteiger partial charge is 0.491 e. The van der Waals surface area contributed by atoms with Crippen LogP contribution in [0.25, 0.3) is 5.69 Å². The fraction of sp³-hybridized carbons (Fsp3) is 0.238. The van der Waals surface area contributed by atoms with E-state index < -0.39 is 0 Å². The number of rotatable bonds is 6. The van der Waals surface area contributed by atoms with E-state index in [0.29, 0.717) is 39.3 Å². The van der Waals surface area contributed by atoms with Crippen molar-refractivity contribution in [3.8, 4) is 11.4 Å². The van der Waals surface area contributed by atoms with Crippen LogP contribution in [0.1, 0.15) is 23.2 Å². The number of aromatic nitrogens is 2. The molecule has 0 spiro atoms. The number of nitrogens with zero attached hydrogens (tertiary/aromatic N) is 2. The number of hydrogen-bond donors (Lipinski definition) is 1. The Hall–Kier alpha value is -2.54. The van der Waals surface area contributed by atoms with E-state index in [-0.39, 0.29) is 12.0 Å². The molecule has 1 aliphatic heterocycles. The second kappa shape index (κ2) is 8.86. The van der Waals surface area contributed by atoms with Crippen LogP contribution in [0.2, 0.25) is 10.0 Å². The van der Waals surface area contributed by atoms with Crippen molar-refractivity contribution < 1.29 is 14.3 Å². The number of nitrogens with one attached hydrogen (secondary N) is 1. The van der Waals surface area contributed by atoms with E-state index in [1.165, 1.54) is 10.9 Å². The number of anilines is 1. The molecule has 0 aliphatic carbocycles. The Labute approximate surface area is 178 Å². The molecule has 0 bridgehead atoms. The molecule has 1 atom stereocenters. The normalized spacial score (nSPS) is 16.0. The smallest absolute Gasteiger partial charge is 0.258 e. The number of amides is 1. The van der Waals surface area contributed by atoms with Crippen molar-refractivity contribution in [3.05, 3.63) is 70.5 Å². The number of carbonyl (C=O) groups excluding carboxylic acids is 1. The molecule has 4 rings (SSSR count). The molecular formula is C21H19Cl2N3O3. The average molecular weight is 432 g/mol. The number of carbonyl (C=O) groups is 1. The van der Waals surface area contributed by atoms with Crippen LogP contribution in [-0.2, 0) is 4.74 Å². The van der Waals surface area contributed by atoms with Gasteiger partial charge in [0.05, 0.1) is 28.6 Å². The summed E-state index contributed by atoms with van der Waals surface area (Å²) in [5, 5.41) is 8.06. The fourth-order valence-corrected chi connectivity index (χ4v) is 3.57. The summed E-state index contributed by atoms with van der Waals surface area (Å²) in [7, 11) is 0. The lowest BCUT2D eigenvalue weighted by Crippen LogP contribution is -2.16. The second-order valence-electron chi connectivity index (χ2n) is 6.70. The Balaban J connectivity index is 1.41. The topological polar surface area (TPSA) is 65.4 Å². The molecular weight excluding hydrogens is 413 g/mol. The van der Waals surface area contributed by atoms with Crippen molar-refractivity contribution in [2.75, 3.05) is 18.5 Å². The molecule has 1 aliphatic rings. The predicted molar refractivity (Wildman–Crippen MR) is 112 cm³/mol. The van der Waals surface area contributed by atoms with Gasteiger partial charge < -0.3 is 14.8 Å². The van der Waals surface area contributed by atoms with Gasteiger partial charge in [0, 0.05) is 29.6 Å². The Morgan fingerprint density at radius 1 is 1.28 bits per heavy atom. The molecule has 1 fully saturated rings. The highest BCUT2D eigenvalue weighted by atomic mass is 35.5. The minimum Gasteiger partial charge on any atom is -0.491 e. The monoisotopic (exact) mass is 431 g/mol. The quantitative estimate of drug-likeness (QED) is 0.596. The van der Waals surface area contributed by atoms with Gasteiger partial charge in [-0.25, -0.2) is 4.68 Å². The third-order valence-electron chi connectivity index (χ3n) is 4.55. The van der Waals surface area contributed by atoms with Gasteiger partial charge in [0.2, 0.25) is 0 Å². The maximum Gasteiger partial charge on any atom is 0.258 e. The summed E-state index contributed by atoms with van der Waals surface area (Å²) < 4.78 is 12.9. The Bertz CT molecular complexity index is 1020. The molecule has 1 saturated heterocycles. The molecule has 0 radical (unpaired) electrons. The Morgan fingerprint density at radius 3 is 2.97 bits per heavy atom. The lowest BCUT2D eigenvalue weighted by molar-refractivity contribution is 0.0680. The minimum atomic E-state index is -0.280. The molecule has 2 heterocycles. The van der Waals surface area contributed by atoms with Gasteiger partial charge in [0.25, 0.3) is 5.91 Å². The third-order valence-corrected chi connectivity index (χ3v) is 5.09. The van der Waals surface area contributed by atoms with E-state index in [4.69, 9.17) is 32.7 Å². The van der Waals surface area contributed by atoms with Gasteiger partial charge >= 0.3 is 0 Å². The highest BCUT2D eigenvalue weighted by molar-refractivity contribution is 6.35. The summed E-state index contributed by atoms with van der Waals surface area (Å²) in [5.41, 5.74) is 1.68. The van der Waals surface area contributed by atoms with Crippen molar-refractivity contribution in [2.45, 2.75) is 18.9 Å². The van der Waals surface area contributed by atoms with Gasteiger partial charge in [-0.1, -0.05) is 29.3 Å². The van der Waals surface area contributed by atoms with E-state index in [2.05, 4.69) is 10.4 Å². The van der Waals surface area contributed by atoms with Crippen LogP contribution < -0.4 is 10.1 Å². The summed E-state index contributed by atoms with van der Waals surface area (Å²) in [6.45, 7) is 1.30. The van der Waals surface area contributed by atoms with E-state index in [1.54, 1.807) is 36.5 Å². The van der Waals surface area contributed by atoms with Crippen LogP contribution in [0, 0.1) is 0 Å². The third kappa shape index (κ3) is 4.90. The lowest BCUT2D eigenvalue weighted by atomic mass is 10.2. The van der Waals surface area contributed by atoms with Crippen LogP contribution in [0.4, 0.5) is 5.69 Å². The Morgan fingerprint density at radius 2 is 2.17 bits per heavy atom. The number of hydrogen-bond acceptors (Lipinski definition) is 4. The highest BCUT2D eigenvalue weighted by Crippen LogP contribution is 2.24. The number of halogens is 2. The highest BCUT2D eigenvalue weighted by Gasteiger charge is 2.16. The first-order chi connectivity index (χ1) is 14.1. The van der Waals surface area contributed by atoms with E-state index in [9.17, 15) is 4.79 Å². The van der Waals surface area contributed by atoms with E-state index in [1.807, 2.05) is 12.1 Å². The molecule has 1 amide bonds. The van der Waals surface area contributed by atoms with Crippen LogP contribution in [0.3, 0.4) is 0 Å². The molecule has 3 aromatic rings. The predicted octanol–water partition coefficient (Wildman–Crippen LogP) is 4.99. The molecule has 1 aromatic heterocycles. The van der Waals surface area contributed by atoms with Crippen LogP contribution in [0.15, 0.2) is 54.9 Å². The first-order valence-electron chi connectivity index (χ1n) is 9.24. The first kappa shape index (κ1) is 19.8. The standard InChI is InChI=1S/C21H19Cl2N3O3/c22-15-6-7-20(19(23)9-15)26-12-14(11-24-26)21(27)25-16-3-1-4-17(10-16)29-13-18-5-2-8-28-18/h1,3-4,6-7,9-12,18H,2,5,8,13H2,(H,25,27). The molecule has 1 unspecified atom stereocenters. The molecule has 29 heavy (non-hydrogen) atoms. The fourth-order valence-electron chi connectivity index (χ4n) is 3.07. The maximum atomic E-state index is 12.6. The summed E-state index contributed by atoms with van der Waals surface area (Å²) in [6, 6.07) is 12.4. The van der Waals surface area contributed by atoms with Crippen LogP contribution in [-0.4, -0.2) is 35.0 Å². The van der Waals surface area contributed by atoms with Gasteiger partial charge in [0.15, 0.2) is 0 Å². The zero-order chi connectivity index (χ0) is 20.2. The molecule has 0 saturated carbocycles. The van der Waals surface area contributed by atoms with Gasteiger partial charge in [-0.3, -0.25) is 4.79 Å². The zero-order valence-corrected chi connectivity index (χ0v) is 17.0.